The summed E-state index contributed by atoms with van der Waals surface area (Å²) in [5.74, 6) is 1.00. The predicted octanol–water partition coefficient (Wildman–Crippen LogP) is 1.69. The number of carbonyl (C=O) groups excluding carboxylic acids is 1. The van der Waals surface area contributed by atoms with Gasteiger partial charge in [-0.1, -0.05) is 6.42 Å². The maximum Gasteiger partial charge on any atom is 0.268 e. The molecule has 18 heavy (non-hydrogen) atoms. The monoisotopic (exact) mass is 311 g/mol. The Morgan fingerprint density at radius 2 is 2.28 bits per heavy atom. The molecule has 0 aliphatic carbocycles. The van der Waals surface area contributed by atoms with Gasteiger partial charge in [-0.05, 0) is 47.4 Å². The van der Waals surface area contributed by atoms with Gasteiger partial charge >= 0.3 is 0 Å². The van der Waals surface area contributed by atoms with Gasteiger partial charge in [0.2, 0.25) is 0 Å². The molecule has 0 spiro atoms. The molecule has 1 aromatic rings. The lowest BCUT2D eigenvalue weighted by Crippen LogP contribution is -2.53. The van der Waals surface area contributed by atoms with Crippen molar-refractivity contribution in [3.05, 3.63) is 16.7 Å². The first-order valence-electron chi connectivity index (χ1n) is 6.11. The zero-order chi connectivity index (χ0) is 12.5. The van der Waals surface area contributed by atoms with E-state index in [4.69, 9.17) is 4.74 Å². The fourth-order valence-electron chi connectivity index (χ4n) is 2.39. The molecule has 1 fully saturated rings. The highest BCUT2D eigenvalue weighted by molar-refractivity contribution is 9.10. The van der Waals surface area contributed by atoms with E-state index in [0.29, 0.717) is 16.2 Å². The third kappa shape index (κ3) is 2.22. The number of aromatic nitrogens is 1. The van der Waals surface area contributed by atoms with Crippen molar-refractivity contribution in [2.24, 2.45) is 0 Å². The second kappa shape index (κ2) is 4.85. The smallest absolute Gasteiger partial charge is 0.268 e. The SMILES string of the molecule is O=C1Nc2nc(Br)ccc2OC1C1CCCCN1. The number of pyridine rings is 1. The first-order chi connectivity index (χ1) is 8.74. The molecule has 6 heteroatoms. The van der Waals surface area contributed by atoms with Crippen LogP contribution in [-0.4, -0.2) is 29.6 Å². The van der Waals surface area contributed by atoms with Crippen molar-refractivity contribution < 1.29 is 9.53 Å². The lowest BCUT2D eigenvalue weighted by atomic mass is 9.98. The Labute approximate surface area is 113 Å². The Hall–Kier alpha value is -1.14. The number of nitrogens with one attached hydrogen (secondary N) is 2. The number of hydrogen-bond acceptors (Lipinski definition) is 4. The van der Waals surface area contributed by atoms with E-state index >= 15 is 0 Å². The number of carbonyl (C=O) groups is 1. The Bertz CT molecular complexity index is 474. The van der Waals surface area contributed by atoms with Crippen molar-refractivity contribution in [2.45, 2.75) is 31.4 Å². The summed E-state index contributed by atoms with van der Waals surface area (Å²) in [6, 6.07) is 3.72. The Kier molecular flexibility index (Phi) is 3.22. The number of fused-ring (bicyclic) bond motifs is 1. The van der Waals surface area contributed by atoms with Crippen LogP contribution in [0.25, 0.3) is 0 Å². The van der Waals surface area contributed by atoms with Crippen molar-refractivity contribution in [3.63, 3.8) is 0 Å². The van der Waals surface area contributed by atoms with Gasteiger partial charge in [-0.2, -0.15) is 0 Å². The molecule has 2 unspecified atom stereocenters. The summed E-state index contributed by atoms with van der Waals surface area (Å²) < 4.78 is 6.46. The van der Waals surface area contributed by atoms with Gasteiger partial charge in [-0.25, -0.2) is 4.98 Å². The fraction of sp³-hybridized carbons (Fsp3) is 0.500. The number of piperidine rings is 1. The van der Waals surface area contributed by atoms with Crippen molar-refractivity contribution in [2.75, 3.05) is 11.9 Å². The standard InChI is InChI=1S/C12H14BrN3O2/c13-9-5-4-8-11(15-9)16-12(17)10(18-8)7-3-1-2-6-14-7/h4-5,7,10,14H,1-3,6H2,(H,15,16,17). The summed E-state index contributed by atoms with van der Waals surface area (Å²) in [6.07, 6.45) is 2.81. The molecule has 1 saturated heterocycles. The van der Waals surface area contributed by atoms with Crippen molar-refractivity contribution in [3.8, 4) is 5.75 Å². The molecular weight excluding hydrogens is 298 g/mol. The molecule has 2 aliphatic heterocycles. The van der Waals surface area contributed by atoms with Crippen LogP contribution in [0.5, 0.6) is 5.75 Å². The minimum atomic E-state index is -0.458. The van der Waals surface area contributed by atoms with Crippen LogP contribution < -0.4 is 15.4 Å². The first-order valence-corrected chi connectivity index (χ1v) is 6.91. The van der Waals surface area contributed by atoms with Crippen LogP contribution in [0.15, 0.2) is 16.7 Å². The van der Waals surface area contributed by atoms with E-state index in [9.17, 15) is 4.79 Å². The van der Waals surface area contributed by atoms with E-state index in [0.717, 1.165) is 25.8 Å². The number of nitrogens with zero attached hydrogens (tertiary/aromatic N) is 1. The van der Waals surface area contributed by atoms with Crippen molar-refractivity contribution >= 4 is 27.7 Å². The Balaban J connectivity index is 1.82. The molecule has 0 radical (unpaired) electrons. The molecule has 1 amide bonds. The number of amides is 1. The van der Waals surface area contributed by atoms with Crippen molar-refractivity contribution in [1.29, 1.82) is 0 Å². The lowest BCUT2D eigenvalue weighted by molar-refractivity contribution is -0.125. The number of ether oxygens (including phenoxy) is 1. The number of rotatable bonds is 1. The fourth-order valence-corrected chi connectivity index (χ4v) is 2.70. The zero-order valence-electron chi connectivity index (χ0n) is 9.78. The van der Waals surface area contributed by atoms with Gasteiger partial charge in [-0.15, -0.1) is 0 Å². The average Bonchev–Trinajstić information content (AvgIpc) is 2.39. The maximum atomic E-state index is 12.0. The molecular formula is C12H14BrN3O2. The number of hydrogen-bond donors (Lipinski definition) is 2. The Morgan fingerprint density at radius 3 is 3.06 bits per heavy atom. The third-order valence-corrected chi connectivity index (χ3v) is 3.73. The summed E-state index contributed by atoms with van der Waals surface area (Å²) in [4.78, 5) is 16.2. The van der Waals surface area contributed by atoms with E-state index in [-0.39, 0.29) is 11.9 Å². The molecule has 3 rings (SSSR count). The van der Waals surface area contributed by atoms with Crippen LogP contribution in [0, 0.1) is 0 Å². The maximum absolute atomic E-state index is 12.0. The third-order valence-electron chi connectivity index (χ3n) is 3.29. The quantitative estimate of drug-likeness (QED) is 0.775. The van der Waals surface area contributed by atoms with Crippen molar-refractivity contribution in [1.82, 2.24) is 10.3 Å². The van der Waals surface area contributed by atoms with E-state index in [1.165, 1.54) is 0 Å². The average molecular weight is 312 g/mol. The normalized spacial score (nSPS) is 27.1. The summed E-state index contributed by atoms with van der Waals surface area (Å²) in [7, 11) is 0. The molecule has 5 nitrogen and oxygen atoms in total. The van der Waals surface area contributed by atoms with Crippen LogP contribution in [0.3, 0.4) is 0 Å². The van der Waals surface area contributed by atoms with Crippen LogP contribution in [0.4, 0.5) is 5.82 Å². The summed E-state index contributed by atoms with van der Waals surface area (Å²) in [5, 5.41) is 6.15. The van der Waals surface area contributed by atoms with Crippen LogP contribution in [0.1, 0.15) is 19.3 Å². The lowest BCUT2D eigenvalue weighted by Gasteiger charge is -2.33. The topological polar surface area (TPSA) is 63.2 Å². The molecule has 96 valence electrons. The predicted molar refractivity (Wildman–Crippen MR) is 70.6 cm³/mol. The summed E-state index contributed by atoms with van der Waals surface area (Å²) in [6.45, 7) is 0.948. The van der Waals surface area contributed by atoms with E-state index in [1.54, 1.807) is 0 Å². The van der Waals surface area contributed by atoms with Gasteiger partial charge in [0, 0.05) is 0 Å². The molecule has 2 N–H and O–H groups in total. The van der Waals surface area contributed by atoms with Gasteiger partial charge in [0.1, 0.15) is 4.60 Å². The molecule has 0 saturated carbocycles. The Morgan fingerprint density at radius 1 is 1.39 bits per heavy atom. The number of anilines is 1. The second-order valence-corrected chi connectivity index (χ2v) is 5.38. The van der Waals surface area contributed by atoms with E-state index < -0.39 is 6.10 Å². The van der Waals surface area contributed by atoms with E-state index in [2.05, 4.69) is 31.5 Å². The first kappa shape index (κ1) is 11.9. The van der Waals surface area contributed by atoms with Crippen LogP contribution >= 0.6 is 15.9 Å². The molecule has 2 atom stereocenters. The van der Waals surface area contributed by atoms with Crippen LogP contribution in [0.2, 0.25) is 0 Å². The zero-order valence-corrected chi connectivity index (χ0v) is 11.4. The molecule has 3 heterocycles. The largest absolute Gasteiger partial charge is 0.475 e. The van der Waals surface area contributed by atoms with Gasteiger partial charge in [0.15, 0.2) is 17.7 Å². The van der Waals surface area contributed by atoms with Crippen LogP contribution in [-0.2, 0) is 4.79 Å². The summed E-state index contributed by atoms with van der Waals surface area (Å²) >= 11 is 3.27. The van der Waals surface area contributed by atoms with E-state index in [1.807, 2.05) is 12.1 Å². The highest BCUT2D eigenvalue weighted by atomic mass is 79.9. The minimum absolute atomic E-state index is 0.0931. The molecule has 0 aromatic carbocycles. The molecule has 0 bridgehead atoms. The summed E-state index contributed by atoms with van der Waals surface area (Å²) in [5.41, 5.74) is 0. The number of halogens is 1. The van der Waals surface area contributed by atoms with Gasteiger partial charge in [0.05, 0.1) is 6.04 Å². The molecule has 1 aromatic heterocycles. The van der Waals surface area contributed by atoms with Gasteiger partial charge < -0.3 is 15.4 Å². The molecule has 2 aliphatic rings. The highest BCUT2D eigenvalue weighted by Gasteiger charge is 2.35. The minimum Gasteiger partial charge on any atom is -0.475 e. The second-order valence-electron chi connectivity index (χ2n) is 4.56. The van der Waals surface area contributed by atoms with Gasteiger partial charge in [-0.3, -0.25) is 4.79 Å². The highest BCUT2D eigenvalue weighted by Crippen LogP contribution is 2.30. The van der Waals surface area contributed by atoms with Gasteiger partial charge in [0.25, 0.3) is 5.91 Å².